The van der Waals surface area contributed by atoms with Crippen molar-refractivity contribution in [2.24, 2.45) is 11.8 Å². The lowest BCUT2D eigenvalue weighted by Gasteiger charge is -2.42. The van der Waals surface area contributed by atoms with Crippen molar-refractivity contribution in [2.45, 2.75) is 43.1 Å². The topological polar surface area (TPSA) is 20.2 Å². The van der Waals surface area contributed by atoms with E-state index in [0.717, 1.165) is 5.92 Å². The molecule has 1 saturated heterocycles. The van der Waals surface area contributed by atoms with E-state index in [4.69, 9.17) is 0 Å². The molecule has 2 atom stereocenters. The lowest BCUT2D eigenvalue weighted by Crippen LogP contribution is -2.31. The summed E-state index contributed by atoms with van der Waals surface area (Å²) in [5.74, 6) is 4.79. The first kappa shape index (κ1) is 16.7. The number of aromatic hydroxyl groups is 1. The van der Waals surface area contributed by atoms with Crippen molar-refractivity contribution in [1.29, 1.82) is 0 Å². The first-order valence-corrected chi connectivity index (χ1v) is 11.0. The standard InChI is InChI=1S/C21H26OS2/c1-14(2)3-4-16-12-21(23-9-10-24-21)13-20-18-8-6-17(22)11-15(18)5-7-19(16)20/h5-8,11-12,14,19-20,22H,3-4,9-10,13H2,1-2H3. The summed E-state index contributed by atoms with van der Waals surface area (Å²) < 4.78 is 0.286. The molecule has 1 spiro atoms. The molecule has 0 amide bonds. The average Bonchev–Trinajstić information content (AvgIpc) is 2.99. The number of hydrogen-bond acceptors (Lipinski definition) is 3. The van der Waals surface area contributed by atoms with Gasteiger partial charge in [0, 0.05) is 17.4 Å². The third-order valence-electron chi connectivity index (χ3n) is 5.51. The summed E-state index contributed by atoms with van der Waals surface area (Å²) >= 11 is 4.30. The van der Waals surface area contributed by atoms with Crippen molar-refractivity contribution in [3.8, 4) is 5.75 Å². The highest BCUT2D eigenvalue weighted by atomic mass is 32.2. The zero-order chi connectivity index (χ0) is 16.7. The van der Waals surface area contributed by atoms with E-state index in [1.807, 2.05) is 12.1 Å². The second-order valence-electron chi connectivity index (χ2n) is 7.67. The molecule has 24 heavy (non-hydrogen) atoms. The van der Waals surface area contributed by atoms with Gasteiger partial charge in [-0.2, -0.15) is 0 Å². The van der Waals surface area contributed by atoms with Crippen LogP contribution in [0.2, 0.25) is 0 Å². The summed E-state index contributed by atoms with van der Waals surface area (Å²) in [6, 6.07) is 5.95. The van der Waals surface area contributed by atoms with Crippen LogP contribution in [0.3, 0.4) is 0 Å². The Morgan fingerprint density at radius 2 is 2.04 bits per heavy atom. The van der Waals surface area contributed by atoms with Gasteiger partial charge in [-0.3, -0.25) is 0 Å². The van der Waals surface area contributed by atoms with Gasteiger partial charge < -0.3 is 5.11 Å². The largest absolute Gasteiger partial charge is 0.508 e. The molecular weight excluding hydrogens is 332 g/mol. The van der Waals surface area contributed by atoms with Crippen LogP contribution < -0.4 is 0 Å². The van der Waals surface area contributed by atoms with E-state index in [0.29, 0.717) is 17.6 Å². The predicted molar refractivity (Wildman–Crippen MR) is 108 cm³/mol. The van der Waals surface area contributed by atoms with Crippen molar-refractivity contribution in [2.75, 3.05) is 11.5 Å². The molecule has 3 heteroatoms. The van der Waals surface area contributed by atoms with E-state index in [9.17, 15) is 5.11 Å². The average molecular weight is 359 g/mol. The fourth-order valence-corrected chi connectivity index (χ4v) is 7.56. The van der Waals surface area contributed by atoms with Crippen LogP contribution in [-0.2, 0) is 0 Å². The summed E-state index contributed by atoms with van der Waals surface area (Å²) in [4.78, 5) is 0. The molecule has 1 aliphatic heterocycles. The van der Waals surface area contributed by atoms with Gasteiger partial charge >= 0.3 is 0 Å². The summed E-state index contributed by atoms with van der Waals surface area (Å²) in [5, 5.41) is 9.83. The van der Waals surface area contributed by atoms with E-state index in [-0.39, 0.29) is 4.08 Å². The second kappa shape index (κ2) is 6.49. The van der Waals surface area contributed by atoms with Gasteiger partial charge in [-0.1, -0.05) is 43.7 Å². The fourth-order valence-electron chi connectivity index (χ4n) is 4.31. The van der Waals surface area contributed by atoms with Gasteiger partial charge in [-0.15, -0.1) is 23.5 Å². The third kappa shape index (κ3) is 3.06. The first-order chi connectivity index (χ1) is 11.6. The molecule has 1 aromatic rings. The van der Waals surface area contributed by atoms with Gasteiger partial charge in [0.15, 0.2) is 0 Å². The van der Waals surface area contributed by atoms with Gasteiger partial charge in [0.2, 0.25) is 0 Å². The lowest BCUT2D eigenvalue weighted by molar-refractivity contribution is 0.458. The zero-order valence-corrected chi connectivity index (χ0v) is 16.1. The van der Waals surface area contributed by atoms with E-state index in [1.54, 1.807) is 5.57 Å². The highest BCUT2D eigenvalue weighted by Crippen LogP contribution is 2.58. The van der Waals surface area contributed by atoms with Crippen molar-refractivity contribution >= 4 is 29.6 Å². The molecule has 4 rings (SSSR count). The number of benzene rings is 1. The SMILES string of the molecule is CC(C)CCC1=CC2(CC3c4ccc(O)cc4C=CC13)SCCS2. The van der Waals surface area contributed by atoms with Crippen molar-refractivity contribution in [3.05, 3.63) is 47.1 Å². The Bertz CT molecular complexity index is 683. The number of rotatable bonds is 3. The van der Waals surface area contributed by atoms with Gasteiger partial charge in [-0.05, 0) is 54.4 Å². The molecule has 3 aliphatic rings. The Morgan fingerprint density at radius 1 is 1.25 bits per heavy atom. The zero-order valence-electron chi connectivity index (χ0n) is 14.5. The Kier molecular flexibility index (Phi) is 4.51. The van der Waals surface area contributed by atoms with Gasteiger partial charge in [0.05, 0.1) is 4.08 Å². The van der Waals surface area contributed by atoms with Crippen LogP contribution in [0.15, 0.2) is 35.9 Å². The number of fused-ring (bicyclic) bond motifs is 3. The second-order valence-corrected chi connectivity index (χ2v) is 10.8. The molecule has 0 radical (unpaired) electrons. The highest BCUT2D eigenvalue weighted by molar-refractivity contribution is 8.21. The molecule has 1 heterocycles. The molecule has 2 unspecified atom stereocenters. The smallest absolute Gasteiger partial charge is 0.116 e. The third-order valence-corrected chi connectivity index (χ3v) is 8.84. The van der Waals surface area contributed by atoms with E-state index in [2.05, 4.69) is 61.7 Å². The van der Waals surface area contributed by atoms with E-state index < -0.39 is 0 Å². The summed E-state index contributed by atoms with van der Waals surface area (Å²) in [5.41, 5.74) is 4.30. The molecule has 1 nitrogen and oxygen atoms in total. The van der Waals surface area contributed by atoms with Crippen LogP contribution in [0.25, 0.3) is 6.08 Å². The Morgan fingerprint density at radius 3 is 2.79 bits per heavy atom. The lowest BCUT2D eigenvalue weighted by atomic mass is 9.69. The summed E-state index contributed by atoms with van der Waals surface area (Å²) in [6.45, 7) is 4.65. The number of allylic oxidation sites excluding steroid dienone is 2. The minimum atomic E-state index is 0.286. The van der Waals surface area contributed by atoms with Gasteiger partial charge in [0.25, 0.3) is 0 Å². The number of phenolic OH excluding ortho intramolecular Hbond substituents is 1. The maximum atomic E-state index is 9.83. The maximum absolute atomic E-state index is 9.83. The van der Waals surface area contributed by atoms with Crippen molar-refractivity contribution in [1.82, 2.24) is 0 Å². The Labute approximate surface area is 154 Å². The van der Waals surface area contributed by atoms with Crippen molar-refractivity contribution < 1.29 is 5.11 Å². The quantitative estimate of drug-likeness (QED) is 0.663. The molecule has 1 aromatic carbocycles. The minimum absolute atomic E-state index is 0.286. The number of hydrogen-bond donors (Lipinski definition) is 1. The minimum Gasteiger partial charge on any atom is -0.508 e. The van der Waals surface area contributed by atoms with Crippen LogP contribution in [-0.4, -0.2) is 20.7 Å². The number of phenols is 1. The molecular formula is C21H26OS2. The van der Waals surface area contributed by atoms with E-state index in [1.165, 1.54) is 41.9 Å². The summed E-state index contributed by atoms with van der Waals surface area (Å²) in [6.07, 6.45) is 11.0. The van der Waals surface area contributed by atoms with Crippen LogP contribution in [0, 0.1) is 11.8 Å². The van der Waals surface area contributed by atoms with Gasteiger partial charge in [-0.25, -0.2) is 0 Å². The first-order valence-electron chi connectivity index (χ1n) is 9.07. The predicted octanol–water partition coefficient (Wildman–Crippen LogP) is 6.06. The molecule has 128 valence electrons. The molecule has 1 N–H and O–H groups in total. The number of thioether (sulfide) groups is 2. The van der Waals surface area contributed by atoms with Crippen LogP contribution >= 0.6 is 23.5 Å². The van der Waals surface area contributed by atoms with Crippen molar-refractivity contribution in [3.63, 3.8) is 0 Å². The highest BCUT2D eigenvalue weighted by Gasteiger charge is 2.44. The maximum Gasteiger partial charge on any atom is 0.116 e. The monoisotopic (exact) mass is 358 g/mol. The Balaban J connectivity index is 1.72. The fraction of sp³-hybridized carbons (Fsp3) is 0.524. The van der Waals surface area contributed by atoms with Crippen LogP contribution in [0.5, 0.6) is 5.75 Å². The Hall–Kier alpha value is -0.800. The van der Waals surface area contributed by atoms with E-state index >= 15 is 0 Å². The molecule has 0 saturated carbocycles. The van der Waals surface area contributed by atoms with Crippen LogP contribution in [0.4, 0.5) is 0 Å². The van der Waals surface area contributed by atoms with Crippen LogP contribution in [0.1, 0.15) is 50.2 Å². The molecule has 0 aromatic heterocycles. The van der Waals surface area contributed by atoms with Gasteiger partial charge in [0.1, 0.15) is 5.75 Å². The molecule has 0 bridgehead atoms. The molecule has 2 aliphatic carbocycles. The summed E-state index contributed by atoms with van der Waals surface area (Å²) in [7, 11) is 0. The normalized spacial score (nSPS) is 27.2. The molecule has 1 fully saturated rings.